The molecule has 3 N–H and O–H groups in total. The zero-order chi connectivity index (χ0) is 13.9. The summed E-state index contributed by atoms with van der Waals surface area (Å²) in [6, 6.07) is 12.5. The van der Waals surface area contributed by atoms with Crippen molar-refractivity contribution in [1.82, 2.24) is 9.97 Å². The van der Waals surface area contributed by atoms with Gasteiger partial charge in [0.05, 0.1) is 11.2 Å². The molecule has 5 nitrogen and oxygen atoms in total. The molecule has 0 spiro atoms. The minimum atomic E-state index is -0.226. The smallest absolute Gasteiger partial charge is 0.255 e. The molecule has 0 bridgehead atoms. The van der Waals surface area contributed by atoms with E-state index in [1.54, 1.807) is 18.3 Å². The standard InChI is InChI=1S/C15H12N4O/c16-14-9-10(6-8-18-14)15(20)19-13-5-1-4-12-11(13)3-2-7-17-12/h1-9H,(H2,16,18)(H,19,20). The number of nitrogens with two attached hydrogens (primary N) is 1. The number of carbonyl (C=O) groups is 1. The first-order chi connectivity index (χ1) is 9.74. The third kappa shape index (κ3) is 2.29. The summed E-state index contributed by atoms with van der Waals surface area (Å²) in [5.74, 6) is 0.0905. The van der Waals surface area contributed by atoms with Gasteiger partial charge in [0, 0.05) is 23.3 Å². The number of nitrogens with zero attached hydrogens (tertiary/aromatic N) is 2. The summed E-state index contributed by atoms with van der Waals surface area (Å²) >= 11 is 0. The molecule has 0 saturated heterocycles. The Morgan fingerprint density at radius 1 is 1.05 bits per heavy atom. The highest BCUT2D eigenvalue weighted by atomic mass is 16.1. The maximum Gasteiger partial charge on any atom is 0.255 e. The van der Waals surface area contributed by atoms with E-state index in [-0.39, 0.29) is 5.91 Å². The van der Waals surface area contributed by atoms with Crippen LogP contribution in [0.3, 0.4) is 0 Å². The van der Waals surface area contributed by atoms with Crippen LogP contribution in [0.2, 0.25) is 0 Å². The fraction of sp³-hybridized carbons (Fsp3) is 0. The van der Waals surface area contributed by atoms with Gasteiger partial charge in [0.25, 0.3) is 5.91 Å². The molecular formula is C15H12N4O. The number of aromatic nitrogens is 2. The largest absolute Gasteiger partial charge is 0.384 e. The first-order valence-electron chi connectivity index (χ1n) is 6.11. The highest BCUT2D eigenvalue weighted by Crippen LogP contribution is 2.21. The Morgan fingerprint density at radius 3 is 2.80 bits per heavy atom. The van der Waals surface area contributed by atoms with Crippen LogP contribution in [0, 0.1) is 0 Å². The Hall–Kier alpha value is -2.95. The van der Waals surface area contributed by atoms with E-state index in [4.69, 9.17) is 5.73 Å². The second kappa shape index (κ2) is 4.97. The average Bonchev–Trinajstić information content (AvgIpc) is 2.47. The normalized spacial score (nSPS) is 10.4. The predicted octanol–water partition coefficient (Wildman–Crippen LogP) is 2.46. The zero-order valence-electron chi connectivity index (χ0n) is 10.6. The Morgan fingerprint density at radius 2 is 1.95 bits per heavy atom. The van der Waals surface area contributed by atoms with E-state index in [2.05, 4.69) is 15.3 Å². The monoisotopic (exact) mass is 264 g/mol. The van der Waals surface area contributed by atoms with Crippen molar-refractivity contribution in [3.63, 3.8) is 0 Å². The van der Waals surface area contributed by atoms with Gasteiger partial charge >= 0.3 is 0 Å². The highest BCUT2D eigenvalue weighted by molar-refractivity contribution is 6.08. The van der Waals surface area contributed by atoms with Crippen LogP contribution in [-0.2, 0) is 0 Å². The molecule has 3 rings (SSSR count). The molecule has 2 aromatic heterocycles. The number of rotatable bonds is 2. The van der Waals surface area contributed by atoms with Gasteiger partial charge in [-0.1, -0.05) is 6.07 Å². The molecule has 98 valence electrons. The van der Waals surface area contributed by atoms with E-state index in [1.807, 2.05) is 30.3 Å². The van der Waals surface area contributed by atoms with Gasteiger partial charge in [0.1, 0.15) is 5.82 Å². The molecule has 0 atom stereocenters. The van der Waals surface area contributed by atoms with Crippen LogP contribution >= 0.6 is 0 Å². The second-order valence-corrected chi connectivity index (χ2v) is 4.30. The zero-order valence-corrected chi connectivity index (χ0v) is 10.6. The third-order valence-electron chi connectivity index (χ3n) is 2.94. The molecule has 5 heteroatoms. The Labute approximate surface area is 115 Å². The maximum absolute atomic E-state index is 12.2. The minimum absolute atomic E-state index is 0.226. The fourth-order valence-electron chi connectivity index (χ4n) is 2.00. The van der Waals surface area contributed by atoms with Gasteiger partial charge in [-0.15, -0.1) is 0 Å². The molecule has 0 saturated carbocycles. The van der Waals surface area contributed by atoms with E-state index in [9.17, 15) is 4.79 Å². The van der Waals surface area contributed by atoms with Crippen molar-refractivity contribution < 1.29 is 4.79 Å². The van der Waals surface area contributed by atoms with E-state index >= 15 is 0 Å². The molecule has 1 aromatic carbocycles. The first-order valence-corrected chi connectivity index (χ1v) is 6.11. The number of nitrogen functional groups attached to an aromatic ring is 1. The van der Waals surface area contributed by atoms with Crippen molar-refractivity contribution in [2.24, 2.45) is 0 Å². The molecule has 0 aliphatic rings. The maximum atomic E-state index is 12.2. The van der Waals surface area contributed by atoms with Crippen molar-refractivity contribution in [3.8, 4) is 0 Å². The number of hydrogen-bond donors (Lipinski definition) is 2. The van der Waals surface area contributed by atoms with Crippen molar-refractivity contribution >= 4 is 28.3 Å². The summed E-state index contributed by atoms with van der Waals surface area (Å²) in [4.78, 5) is 20.3. The molecular weight excluding hydrogens is 252 g/mol. The van der Waals surface area contributed by atoms with Crippen LogP contribution < -0.4 is 11.1 Å². The Bertz CT molecular complexity index is 780. The van der Waals surface area contributed by atoms with Gasteiger partial charge in [-0.25, -0.2) is 4.98 Å². The van der Waals surface area contributed by atoms with Crippen LogP contribution in [-0.4, -0.2) is 15.9 Å². The molecule has 0 aliphatic carbocycles. The lowest BCUT2D eigenvalue weighted by Gasteiger charge is -2.08. The Balaban J connectivity index is 1.95. The quantitative estimate of drug-likeness (QED) is 0.745. The predicted molar refractivity (Wildman–Crippen MR) is 78.3 cm³/mol. The van der Waals surface area contributed by atoms with Gasteiger partial charge < -0.3 is 11.1 Å². The van der Waals surface area contributed by atoms with Crippen LogP contribution in [0.1, 0.15) is 10.4 Å². The summed E-state index contributed by atoms with van der Waals surface area (Å²) in [6.07, 6.45) is 3.23. The molecule has 0 unspecified atom stereocenters. The number of nitrogens with one attached hydrogen (secondary N) is 1. The van der Waals surface area contributed by atoms with Crippen molar-refractivity contribution in [1.29, 1.82) is 0 Å². The summed E-state index contributed by atoms with van der Waals surface area (Å²) in [5, 5.41) is 3.76. The second-order valence-electron chi connectivity index (χ2n) is 4.30. The number of pyridine rings is 2. The number of anilines is 2. The highest BCUT2D eigenvalue weighted by Gasteiger charge is 2.08. The fourth-order valence-corrected chi connectivity index (χ4v) is 2.00. The number of hydrogen-bond acceptors (Lipinski definition) is 4. The van der Waals surface area contributed by atoms with Gasteiger partial charge in [-0.3, -0.25) is 9.78 Å². The van der Waals surface area contributed by atoms with Gasteiger partial charge in [-0.2, -0.15) is 0 Å². The molecule has 0 radical (unpaired) electrons. The molecule has 0 fully saturated rings. The molecule has 2 heterocycles. The first kappa shape index (κ1) is 12.1. The van der Waals surface area contributed by atoms with Gasteiger partial charge in [0.2, 0.25) is 0 Å². The van der Waals surface area contributed by atoms with Crippen LogP contribution in [0.4, 0.5) is 11.5 Å². The van der Waals surface area contributed by atoms with Crippen LogP contribution in [0.15, 0.2) is 54.9 Å². The third-order valence-corrected chi connectivity index (χ3v) is 2.94. The summed E-state index contributed by atoms with van der Waals surface area (Å²) in [6.45, 7) is 0. The average molecular weight is 264 g/mol. The van der Waals surface area contributed by atoms with E-state index < -0.39 is 0 Å². The number of amides is 1. The minimum Gasteiger partial charge on any atom is -0.384 e. The van der Waals surface area contributed by atoms with E-state index in [1.165, 1.54) is 6.20 Å². The van der Waals surface area contributed by atoms with Gasteiger partial charge in [-0.05, 0) is 36.4 Å². The summed E-state index contributed by atoms with van der Waals surface area (Å²) in [5.41, 5.74) is 7.60. The number of benzene rings is 1. The Kier molecular flexibility index (Phi) is 3.01. The molecule has 3 aromatic rings. The van der Waals surface area contributed by atoms with Gasteiger partial charge in [0.15, 0.2) is 0 Å². The van der Waals surface area contributed by atoms with Crippen LogP contribution in [0.5, 0.6) is 0 Å². The van der Waals surface area contributed by atoms with Crippen molar-refractivity contribution in [2.45, 2.75) is 0 Å². The molecule has 1 amide bonds. The SMILES string of the molecule is Nc1cc(C(=O)Nc2cccc3ncccc23)ccn1. The van der Waals surface area contributed by atoms with E-state index in [0.29, 0.717) is 11.4 Å². The molecule has 20 heavy (non-hydrogen) atoms. The lowest BCUT2D eigenvalue weighted by Crippen LogP contribution is -2.12. The van der Waals surface area contributed by atoms with Crippen LogP contribution in [0.25, 0.3) is 10.9 Å². The number of fused-ring (bicyclic) bond motifs is 1. The summed E-state index contributed by atoms with van der Waals surface area (Å²) < 4.78 is 0. The number of carbonyl (C=O) groups excluding carboxylic acids is 1. The van der Waals surface area contributed by atoms with Crippen molar-refractivity contribution in [3.05, 3.63) is 60.4 Å². The van der Waals surface area contributed by atoms with Crippen molar-refractivity contribution in [2.75, 3.05) is 11.1 Å². The lowest BCUT2D eigenvalue weighted by molar-refractivity contribution is 0.102. The molecule has 0 aliphatic heterocycles. The lowest BCUT2D eigenvalue weighted by atomic mass is 10.1. The van der Waals surface area contributed by atoms with E-state index in [0.717, 1.165) is 16.6 Å². The summed E-state index contributed by atoms with van der Waals surface area (Å²) in [7, 11) is 0. The topological polar surface area (TPSA) is 80.9 Å².